The number of ether oxygens (including phenoxy) is 2. The van der Waals surface area contributed by atoms with Crippen molar-refractivity contribution in [3.05, 3.63) is 75.4 Å². The zero-order chi connectivity index (χ0) is 20.8. The van der Waals surface area contributed by atoms with Gasteiger partial charge in [-0.2, -0.15) is 0 Å². The molecular weight excluding hydrogens is 479 g/mol. The SMILES string of the molecule is CC(=O)c1cc(I)c(-c2ccc(-c3ccccc3)cc2)c2c1OC(C)(C)OC2=O. The minimum atomic E-state index is -1.13. The van der Waals surface area contributed by atoms with Gasteiger partial charge in [-0.25, -0.2) is 4.79 Å². The molecule has 0 aliphatic carbocycles. The molecule has 0 saturated heterocycles. The van der Waals surface area contributed by atoms with Crippen LogP contribution in [0.25, 0.3) is 22.3 Å². The van der Waals surface area contributed by atoms with E-state index in [1.54, 1.807) is 19.9 Å². The lowest BCUT2D eigenvalue weighted by Crippen LogP contribution is -2.40. The molecule has 1 aliphatic heterocycles. The van der Waals surface area contributed by atoms with Crippen LogP contribution in [-0.4, -0.2) is 17.5 Å². The number of cyclic esters (lactones) is 1. The van der Waals surface area contributed by atoms with Crippen molar-refractivity contribution >= 4 is 34.3 Å². The molecule has 0 saturated carbocycles. The van der Waals surface area contributed by atoms with E-state index < -0.39 is 11.8 Å². The molecule has 4 rings (SSSR count). The topological polar surface area (TPSA) is 52.6 Å². The molecule has 0 N–H and O–H groups in total. The highest BCUT2D eigenvalue weighted by molar-refractivity contribution is 14.1. The molecule has 0 unspecified atom stereocenters. The first-order valence-electron chi connectivity index (χ1n) is 9.22. The summed E-state index contributed by atoms with van der Waals surface area (Å²) in [7, 11) is 0. The summed E-state index contributed by atoms with van der Waals surface area (Å²) in [6.45, 7) is 4.78. The first-order valence-corrected chi connectivity index (χ1v) is 10.3. The highest BCUT2D eigenvalue weighted by Crippen LogP contribution is 2.43. The molecular formula is C24H19IO4. The number of carbonyl (C=O) groups excluding carboxylic acids is 2. The van der Waals surface area contributed by atoms with Crippen LogP contribution in [0, 0.1) is 3.57 Å². The van der Waals surface area contributed by atoms with Crippen LogP contribution >= 0.6 is 22.6 Å². The Labute approximate surface area is 183 Å². The van der Waals surface area contributed by atoms with Crippen molar-refractivity contribution in [2.75, 3.05) is 0 Å². The predicted octanol–water partition coefficient (Wildman–Crippen LogP) is 6.11. The molecule has 0 fully saturated rings. The molecule has 0 radical (unpaired) electrons. The summed E-state index contributed by atoms with van der Waals surface area (Å²) in [6.07, 6.45) is 0. The Morgan fingerprint density at radius 2 is 1.45 bits per heavy atom. The smallest absolute Gasteiger partial charge is 0.345 e. The summed E-state index contributed by atoms with van der Waals surface area (Å²) in [5, 5.41) is 0. The summed E-state index contributed by atoms with van der Waals surface area (Å²) in [6, 6.07) is 19.8. The molecule has 0 aromatic heterocycles. The molecule has 0 spiro atoms. The van der Waals surface area contributed by atoms with Gasteiger partial charge in [0, 0.05) is 23.0 Å². The van der Waals surface area contributed by atoms with E-state index in [4.69, 9.17) is 9.47 Å². The molecule has 4 nitrogen and oxygen atoms in total. The summed E-state index contributed by atoms with van der Waals surface area (Å²) in [5.74, 6) is -1.48. The van der Waals surface area contributed by atoms with Gasteiger partial charge in [0.2, 0.25) is 5.79 Å². The van der Waals surface area contributed by atoms with Gasteiger partial charge in [-0.1, -0.05) is 54.6 Å². The number of hydrogen-bond donors (Lipinski definition) is 0. The van der Waals surface area contributed by atoms with E-state index in [-0.39, 0.29) is 5.78 Å². The first-order chi connectivity index (χ1) is 13.8. The predicted molar refractivity (Wildman–Crippen MR) is 120 cm³/mol. The lowest BCUT2D eigenvalue weighted by Gasteiger charge is -2.34. The molecule has 1 aliphatic rings. The molecule has 3 aromatic carbocycles. The van der Waals surface area contributed by atoms with Crippen molar-refractivity contribution in [1.82, 2.24) is 0 Å². The van der Waals surface area contributed by atoms with Crippen LogP contribution in [0.2, 0.25) is 0 Å². The van der Waals surface area contributed by atoms with E-state index in [2.05, 4.69) is 34.7 Å². The van der Waals surface area contributed by atoms with Gasteiger partial charge >= 0.3 is 5.97 Å². The lowest BCUT2D eigenvalue weighted by atomic mass is 9.93. The number of esters is 1. The third-order valence-electron chi connectivity index (χ3n) is 4.78. The van der Waals surface area contributed by atoms with E-state index in [1.807, 2.05) is 42.5 Å². The van der Waals surface area contributed by atoms with Gasteiger partial charge in [-0.05, 0) is 52.3 Å². The van der Waals surface area contributed by atoms with Crippen molar-refractivity contribution in [1.29, 1.82) is 0 Å². The first kappa shape index (κ1) is 19.6. The number of Topliss-reactive ketones (excluding diaryl/α,β-unsaturated/α-hetero) is 1. The average Bonchev–Trinajstić information content (AvgIpc) is 2.68. The molecule has 0 amide bonds. The molecule has 146 valence electrons. The second kappa shape index (κ2) is 7.30. The van der Waals surface area contributed by atoms with Gasteiger partial charge in [0.1, 0.15) is 11.3 Å². The standard InChI is InChI=1S/C24H19IO4/c1-14(26)18-13-19(25)20(21-22(18)28-24(2,3)29-23(21)27)17-11-9-16(10-12-17)15-7-5-4-6-8-15/h4-13H,1-3H3. The normalized spacial score (nSPS) is 14.6. The fraction of sp³-hybridized carbons (Fsp3) is 0.167. The molecule has 0 atom stereocenters. The molecule has 3 aromatic rings. The van der Waals surface area contributed by atoms with Crippen LogP contribution in [0.5, 0.6) is 5.75 Å². The number of ketones is 1. The third kappa shape index (κ3) is 3.67. The van der Waals surface area contributed by atoms with Gasteiger partial charge in [0.05, 0.1) is 5.56 Å². The Hall–Kier alpha value is -2.67. The molecule has 29 heavy (non-hydrogen) atoms. The Kier molecular flexibility index (Phi) is 4.94. The van der Waals surface area contributed by atoms with E-state index in [0.717, 1.165) is 20.3 Å². The second-order valence-corrected chi connectivity index (χ2v) is 8.54. The number of fused-ring (bicyclic) bond motifs is 1. The Bertz CT molecular complexity index is 1120. The molecule has 5 heteroatoms. The summed E-state index contributed by atoms with van der Waals surface area (Å²) in [5.41, 5.74) is 4.46. The largest absolute Gasteiger partial charge is 0.451 e. The minimum absolute atomic E-state index is 0.157. The van der Waals surface area contributed by atoms with Crippen LogP contribution in [0.3, 0.4) is 0 Å². The zero-order valence-corrected chi connectivity index (χ0v) is 18.4. The van der Waals surface area contributed by atoms with Gasteiger partial charge in [-0.15, -0.1) is 0 Å². The van der Waals surface area contributed by atoms with Crippen molar-refractivity contribution in [3.63, 3.8) is 0 Å². The van der Waals surface area contributed by atoms with Crippen molar-refractivity contribution in [3.8, 4) is 28.0 Å². The Morgan fingerprint density at radius 3 is 2.07 bits per heavy atom. The van der Waals surface area contributed by atoms with Crippen LogP contribution < -0.4 is 4.74 Å². The van der Waals surface area contributed by atoms with Crippen LogP contribution in [-0.2, 0) is 4.74 Å². The monoisotopic (exact) mass is 498 g/mol. The fourth-order valence-corrected chi connectivity index (χ4v) is 4.37. The molecule has 1 heterocycles. The minimum Gasteiger partial charge on any atom is -0.451 e. The van der Waals surface area contributed by atoms with E-state index in [1.165, 1.54) is 6.92 Å². The van der Waals surface area contributed by atoms with Gasteiger partial charge < -0.3 is 9.47 Å². The molecule has 0 bridgehead atoms. The maximum atomic E-state index is 12.9. The van der Waals surface area contributed by atoms with Gasteiger partial charge in [0.15, 0.2) is 5.78 Å². The zero-order valence-electron chi connectivity index (χ0n) is 16.3. The van der Waals surface area contributed by atoms with Crippen molar-refractivity contribution < 1.29 is 19.1 Å². The lowest BCUT2D eigenvalue weighted by molar-refractivity contribution is -0.127. The van der Waals surface area contributed by atoms with Crippen LogP contribution in [0.1, 0.15) is 41.5 Å². The fourth-order valence-electron chi connectivity index (χ4n) is 3.48. The number of hydrogen-bond acceptors (Lipinski definition) is 4. The van der Waals surface area contributed by atoms with Gasteiger partial charge in [0.25, 0.3) is 0 Å². The van der Waals surface area contributed by atoms with E-state index in [0.29, 0.717) is 22.4 Å². The summed E-state index contributed by atoms with van der Waals surface area (Å²) >= 11 is 2.15. The second-order valence-electron chi connectivity index (χ2n) is 7.38. The quantitative estimate of drug-likeness (QED) is 0.248. The maximum Gasteiger partial charge on any atom is 0.345 e. The highest BCUT2D eigenvalue weighted by atomic mass is 127. The Balaban J connectivity index is 1.89. The van der Waals surface area contributed by atoms with E-state index >= 15 is 0 Å². The van der Waals surface area contributed by atoms with Crippen LogP contribution in [0.15, 0.2) is 60.7 Å². The third-order valence-corrected chi connectivity index (χ3v) is 5.63. The number of benzene rings is 3. The highest BCUT2D eigenvalue weighted by Gasteiger charge is 2.39. The number of carbonyl (C=O) groups is 2. The van der Waals surface area contributed by atoms with Crippen LogP contribution in [0.4, 0.5) is 0 Å². The number of rotatable bonds is 3. The van der Waals surface area contributed by atoms with Gasteiger partial charge in [-0.3, -0.25) is 4.79 Å². The van der Waals surface area contributed by atoms with E-state index in [9.17, 15) is 9.59 Å². The summed E-state index contributed by atoms with van der Waals surface area (Å²) < 4.78 is 12.2. The van der Waals surface area contributed by atoms with Crippen molar-refractivity contribution in [2.45, 2.75) is 26.6 Å². The van der Waals surface area contributed by atoms with Crippen molar-refractivity contribution in [2.24, 2.45) is 0 Å². The summed E-state index contributed by atoms with van der Waals surface area (Å²) in [4.78, 5) is 25.1. The average molecular weight is 498 g/mol. The number of halogens is 1. The Morgan fingerprint density at radius 1 is 0.862 bits per heavy atom. The maximum absolute atomic E-state index is 12.9.